The van der Waals surface area contributed by atoms with Gasteiger partial charge < -0.3 is 24.1 Å². The first kappa shape index (κ1) is 21.5. The van der Waals surface area contributed by atoms with Crippen LogP contribution in [-0.2, 0) is 5.60 Å². The van der Waals surface area contributed by atoms with Crippen molar-refractivity contribution in [1.29, 1.82) is 0 Å². The van der Waals surface area contributed by atoms with Crippen molar-refractivity contribution in [3.63, 3.8) is 0 Å². The quantitative estimate of drug-likeness (QED) is 0.411. The smallest absolute Gasteiger partial charge is 0.148 e. The first-order chi connectivity index (χ1) is 15.6. The van der Waals surface area contributed by atoms with Crippen LogP contribution in [0.2, 0.25) is 0 Å². The molecule has 0 aromatic heterocycles. The molecule has 32 heavy (non-hydrogen) atoms. The molecule has 0 saturated carbocycles. The summed E-state index contributed by atoms with van der Waals surface area (Å²) in [4.78, 5) is 0. The lowest BCUT2D eigenvalue weighted by Gasteiger charge is -2.33. The lowest BCUT2D eigenvalue weighted by Crippen LogP contribution is -2.30. The van der Waals surface area contributed by atoms with Crippen molar-refractivity contribution in [2.75, 3.05) is 28.4 Å². The monoisotopic (exact) mass is 430 g/mol. The SMILES string of the molecule is COc1ccc([C@](O)(c2ccccc2)c2c(OC)ccc3ccc(OC)cc23)c(OC)c1. The number of benzene rings is 4. The van der Waals surface area contributed by atoms with Gasteiger partial charge in [0.25, 0.3) is 0 Å². The molecule has 164 valence electrons. The number of fused-ring (bicyclic) bond motifs is 1. The van der Waals surface area contributed by atoms with E-state index in [1.165, 1.54) is 0 Å². The van der Waals surface area contributed by atoms with Gasteiger partial charge in [0.1, 0.15) is 28.6 Å². The third kappa shape index (κ3) is 3.51. The fourth-order valence-electron chi connectivity index (χ4n) is 4.16. The molecule has 0 saturated heterocycles. The molecule has 0 spiro atoms. The van der Waals surface area contributed by atoms with Crippen LogP contribution in [0, 0.1) is 0 Å². The summed E-state index contributed by atoms with van der Waals surface area (Å²) in [5, 5.41) is 14.4. The summed E-state index contributed by atoms with van der Waals surface area (Å²) in [5.41, 5.74) is 0.264. The summed E-state index contributed by atoms with van der Waals surface area (Å²) in [6.07, 6.45) is 0. The third-order valence-corrected chi connectivity index (χ3v) is 5.76. The predicted molar refractivity (Wildman–Crippen MR) is 125 cm³/mol. The van der Waals surface area contributed by atoms with Gasteiger partial charge in [-0.25, -0.2) is 0 Å². The molecule has 4 aromatic rings. The molecule has 0 heterocycles. The Morgan fingerprint density at radius 1 is 0.625 bits per heavy atom. The van der Waals surface area contributed by atoms with Crippen molar-refractivity contribution in [1.82, 2.24) is 0 Å². The molecule has 0 aliphatic rings. The zero-order valence-corrected chi connectivity index (χ0v) is 18.6. The van der Waals surface area contributed by atoms with Gasteiger partial charge in [0.15, 0.2) is 0 Å². The molecule has 0 unspecified atom stereocenters. The zero-order valence-electron chi connectivity index (χ0n) is 18.6. The van der Waals surface area contributed by atoms with Crippen LogP contribution in [0.25, 0.3) is 10.8 Å². The fraction of sp³-hybridized carbons (Fsp3) is 0.185. The van der Waals surface area contributed by atoms with Gasteiger partial charge >= 0.3 is 0 Å². The second-order valence-corrected chi connectivity index (χ2v) is 7.37. The topological polar surface area (TPSA) is 57.2 Å². The zero-order chi connectivity index (χ0) is 22.7. The van der Waals surface area contributed by atoms with Crippen molar-refractivity contribution in [3.8, 4) is 23.0 Å². The number of methoxy groups -OCH3 is 4. The van der Waals surface area contributed by atoms with Gasteiger partial charge in [-0.1, -0.05) is 42.5 Å². The molecule has 1 atom stereocenters. The Balaban J connectivity index is 2.16. The van der Waals surface area contributed by atoms with Gasteiger partial charge in [0.05, 0.1) is 28.4 Å². The fourth-order valence-corrected chi connectivity index (χ4v) is 4.16. The maximum absolute atomic E-state index is 12.6. The summed E-state index contributed by atoms with van der Waals surface area (Å²) >= 11 is 0. The van der Waals surface area contributed by atoms with Crippen LogP contribution in [-0.4, -0.2) is 33.5 Å². The van der Waals surface area contributed by atoms with E-state index >= 15 is 0 Å². The maximum atomic E-state index is 12.6. The van der Waals surface area contributed by atoms with Crippen LogP contribution in [0.1, 0.15) is 16.7 Å². The standard InChI is InChI=1S/C27H26O5/c1-29-20-12-10-18-11-15-24(31-3)26(22(18)16-20)27(28,19-8-6-5-7-9-19)23-14-13-21(30-2)17-25(23)32-4/h5-17,28H,1-4H3/t27-/m1/s1. The summed E-state index contributed by atoms with van der Waals surface area (Å²) in [5.74, 6) is 2.37. The van der Waals surface area contributed by atoms with E-state index in [1.807, 2.05) is 72.8 Å². The van der Waals surface area contributed by atoms with Crippen LogP contribution in [0.5, 0.6) is 23.0 Å². The van der Waals surface area contributed by atoms with Crippen LogP contribution >= 0.6 is 0 Å². The molecule has 4 rings (SSSR count). The molecule has 5 heteroatoms. The van der Waals surface area contributed by atoms with Gasteiger partial charge in [-0.15, -0.1) is 0 Å². The lowest BCUT2D eigenvalue weighted by molar-refractivity contribution is 0.120. The molecule has 0 amide bonds. The van der Waals surface area contributed by atoms with Gasteiger partial charge in [0, 0.05) is 17.2 Å². The highest BCUT2D eigenvalue weighted by atomic mass is 16.5. The second-order valence-electron chi connectivity index (χ2n) is 7.37. The second kappa shape index (κ2) is 8.81. The highest BCUT2D eigenvalue weighted by molar-refractivity contribution is 5.91. The molecule has 5 nitrogen and oxygen atoms in total. The van der Waals surface area contributed by atoms with Crippen LogP contribution in [0.4, 0.5) is 0 Å². The van der Waals surface area contributed by atoms with Gasteiger partial charge in [-0.3, -0.25) is 0 Å². The maximum Gasteiger partial charge on any atom is 0.148 e. The average molecular weight is 431 g/mol. The highest BCUT2D eigenvalue weighted by Crippen LogP contribution is 2.48. The number of aliphatic hydroxyl groups is 1. The van der Waals surface area contributed by atoms with E-state index in [-0.39, 0.29) is 0 Å². The Kier molecular flexibility index (Phi) is 5.93. The minimum absolute atomic E-state index is 0.498. The largest absolute Gasteiger partial charge is 0.497 e. The Morgan fingerprint density at radius 2 is 1.25 bits per heavy atom. The van der Waals surface area contributed by atoms with Crippen molar-refractivity contribution in [3.05, 3.63) is 95.6 Å². The molecular formula is C27H26O5. The number of hydrogen-bond acceptors (Lipinski definition) is 5. The Hall–Kier alpha value is -3.70. The summed E-state index contributed by atoms with van der Waals surface area (Å²) < 4.78 is 22.3. The van der Waals surface area contributed by atoms with Gasteiger partial charge in [-0.05, 0) is 46.7 Å². The van der Waals surface area contributed by atoms with Crippen molar-refractivity contribution >= 4 is 10.8 Å². The summed E-state index contributed by atoms with van der Waals surface area (Å²) in [6.45, 7) is 0. The number of rotatable bonds is 7. The molecule has 1 N–H and O–H groups in total. The molecule has 0 aliphatic carbocycles. The van der Waals surface area contributed by atoms with Gasteiger partial charge in [0.2, 0.25) is 0 Å². The Bertz CT molecular complexity index is 1230. The van der Waals surface area contributed by atoms with E-state index in [1.54, 1.807) is 34.5 Å². The normalized spacial score (nSPS) is 12.8. The molecule has 0 aliphatic heterocycles. The van der Waals surface area contributed by atoms with E-state index in [9.17, 15) is 5.11 Å². The van der Waals surface area contributed by atoms with Crippen molar-refractivity contribution in [2.24, 2.45) is 0 Å². The van der Waals surface area contributed by atoms with Crippen molar-refractivity contribution < 1.29 is 24.1 Å². The Labute approximate surface area is 187 Å². The van der Waals surface area contributed by atoms with Crippen LogP contribution < -0.4 is 18.9 Å². The minimum Gasteiger partial charge on any atom is -0.497 e. The predicted octanol–water partition coefficient (Wildman–Crippen LogP) is 5.16. The lowest BCUT2D eigenvalue weighted by atomic mass is 9.77. The van der Waals surface area contributed by atoms with Crippen LogP contribution in [0.15, 0.2) is 78.9 Å². The third-order valence-electron chi connectivity index (χ3n) is 5.76. The average Bonchev–Trinajstić information content (AvgIpc) is 2.87. The highest BCUT2D eigenvalue weighted by Gasteiger charge is 2.40. The van der Waals surface area contributed by atoms with E-state index in [2.05, 4.69) is 0 Å². The molecule has 4 aromatic carbocycles. The minimum atomic E-state index is -1.59. The summed E-state index contributed by atoms with van der Waals surface area (Å²) in [6, 6.07) is 24.5. The molecule has 0 bridgehead atoms. The summed E-state index contributed by atoms with van der Waals surface area (Å²) in [7, 11) is 6.39. The Morgan fingerprint density at radius 3 is 1.91 bits per heavy atom. The van der Waals surface area contributed by atoms with Crippen molar-refractivity contribution in [2.45, 2.75) is 5.60 Å². The number of ether oxygens (including phenoxy) is 4. The van der Waals surface area contributed by atoms with E-state index in [0.717, 1.165) is 10.8 Å². The first-order valence-corrected chi connectivity index (χ1v) is 10.2. The molecule has 0 radical (unpaired) electrons. The van der Waals surface area contributed by atoms with E-state index < -0.39 is 5.60 Å². The first-order valence-electron chi connectivity index (χ1n) is 10.2. The molecular weight excluding hydrogens is 404 g/mol. The van der Waals surface area contributed by atoms with Gasteiger partial charge in [-0.2, -0.15) is 0 Å². The van der Waals surface area contributed by atoms with Crippen LogP contribution in [0.3, 0.4) is 0 Å². The number of hydrogen-bond donors (Lipinski definition) is 1. The van der Waals surface area contributed by atoms with E-state index in [0.29, 0.717) is 39.7 Å². The van der Waals surface area contributed by atoms with E-state index in [4.69, 9.17) is 18.9 Å². The molecule has 0 fully saturated rings.